The highest BCUT2D eigenvalue weighted by atomic mass is 16.2. The predicted octanol–water partition coefficient (Wildman–Crippen LogP) is -3.61. The lowest BCUT2D eigenvalue weighted by atomic mass is 10.1. The molecule has 2 unspecified atom stereocenters. The topological polar surface area (TPSA) is 319 Å². The van der Waals surface area contributed by atoms with Gasteiger partial charge in [0.2, 0.25) is 0 Å². The maximum absolute atomic E-state index is 12.5. The molecule has 0 aliphatic heterocycles. The molecule has 0 aliphatic carbocycles. The molecule has 8 amide bonds. The van der Waals surface area contributed by atoms with Crippen molar-refractivity contribution in [3.63, 3.8) is 0 Å². The molecule has 0 bridgehead atoms. The number of aliphatic imine (C=N–C) groups is 2. The maximum Gasteiger partial charge on any atom is 0.315 e. The Balaban J connectivity index is 4.62. The van der Waals surface area contributed by atoms with Gasteiger partial charge in [0.05, 0.1) is 0 Å². The first kappa shape index (κ1) is 37.6. The quantitative estimate of drug-likeness (QED) is 0.0371. The van der Waals surface area contributed by atoms with Crippen molar-refractivity contribution in [2.24, 2.45) is 38.7 Å². The number of carbonyl (C=O) groups excluding carboxylic acids is 4. The Morgan fingerprint density at radius 2 is 1.00 bits per heavy atom. The lowest BCUT2D eigenvalue weighted by molar-refractivity contribution is 0.227. The average Bonchev–Trinajstić information content (AvgIpc) is 2.90. The molecule has 19 nitrogen and oxygen atoms in total. The lowest BCUT2D eigenvalue weighted by Gasteiger charge is -2.22. The molecule has 0 saturated heterocycles. The van der Waals surface area contributed by atoms with Crippen molar-refractivity contribution >= 4 is 36.0 Å². The van der Waals surface area contributed by atoms with E-state index in [1.165, 1.54) is 0 Å². The third kappa shape index (κ3) is 22.4. The molecule has 0 aromatic carbocycles. The van der Waals surface area contributed by atoms with Crippen molar-refractivity contribution in [1.82, 2.24) is 42.5 Å². The molecule has 0 aromatic rings. The first-order valence-corrected chi connectivity index (χ1v) is 13.8. The van der Waals surface area contributed by atoms with Gasteiger partial charge in [-0.2, -0.15) is 0 Å². The third-order valence-electron chi connectivity index (χ3n) is 5.68. The van der Waals surface area contributed by atoms with Gasteiger partial charge in [-0.15, -0.1) is 0 Å². The summed E-state index contributed by atoms with van der Waals surface area (Å²) in [5.74, 6) is 0.00758. The number of amides is 8. The van der Waals surface area contributed by atoms with Crippen LogP contribution in [0.4, 0.5) is 19.2 Å². The van der Waals surface area contributed by atoms with E-state index in [0.717, 1.165) is 12.8 Å². The molecular formula is C23H51N15O4. The molecular weight excluding hydrogens is 550 g/mol. The molecule has 0 fully saturated rings. The number of hydrogen-bond donors (Lipinski definition) is 13. The molecule has 42 heavy (non-hydrogen) atoms. The third-order valence-corrected chi connectivity index (χ3v) is 5.68. The van der Waals surface area contributed by atoms with Gasteiger partial charge < -0.3 is 71.2 Å². The van der Waals surface area contributed by atoms with Crippen LogP contribution in [0, 0.1) is 0 Å². The first-order valence-electron chi connectivity index (χ1n) is 13.8. The zero-order valence-corrected chi connectivity index (χ0v) is 24.8. The standard InChI is InChI=1S/C23H51N15O4/c1-14(10-32-20(28)39)36-22(41)35-13-17(7-5-9-31-19(26)27)38-23(42)33-11-15(2)37-21(40)34-12-16(29-3)6-4-8-30-18(24)25/h14-17,29H,4-13H2,1-3H3,(H4,24,25,30)(H4,26,27,31)(H3,28,32,39)(H2,33,38,42)(H2,34,37,40)(H2,35,36,41)/t14-,15-,16?,17?/m0/s1. The maximum atomic E-state index is 12.5. The van der Waals surface area contributed by atoms with Gasteiger partial charge >= 0.3 is 24.1 Å². The molecule has 19 heteroatoms. The van der Waals surface area contributed by atoms with Gasteiger partial charge in [0.1, 0.15) is 0 Å². The fourth-order valence-electron chi connectivity index (χ4n) is 3.48. The Labute approximate surface area is 246 Å². The van der Waals surface area contributed by atoms with Gasteiger partial charge in [-0.25, -0.2) is 19.2 Å². The number of rotatable bonds is 20. The smallest absolute Gasteiger partial charge is 0.315 e. The predicted molar refractivity (Wildman–Crippen MR) is 163 cm³/mol. The minimum atomic E-state index is -0.694. The van der Waals surface area contributed by atoms with E-state index in [9.17, 15) is 19.2 Å². The summed E-state index contributed by atoms with van der Waals surface area (Å²) < 4.78 is 0. The van der Waals surface area contributed by atoms with E-state index in [-0.39, 0.29) is 55.7 Å². The van der Waals surface area contributed by atoms with Crippen molar-refractivity contribution in [3.8, 4) is 0 Å². The molecule has 0 spiro atoms. The summed E-state index contributed by atoms with van der Waals surface area (Å²) in [5, 5.41) is 21.9. The molecule has 0 saturated carbocycles. The summed E-state index contributed by atoms with van der Waals surface area (Å²) in [4.78, 5) is 55.7. The number of primary amides is 1. The monoisotopic (exact) mass is 601 g/mol. The molecule has 4 atom stereocenters. The van der Waals surface area contributed by atoms with Gasteiger partial charge in [0.15, 0.2) is 11.9 Å². The van der Waals surface area contributed by atoms with Crippen LogP contribution in [0.2, 0.25) is 0 Å². The fourth-order valence-corrected chi connectivity index (χ4v) is 3.48. The van der Waals surface area contributed by atoms with Crippen LogP contribution >= 0.6 is 0 Å². The summed E-state index contributed by atoms with van der Waals surface area (Å²) in [6.07, 6.45) is 2.54. The zero-order valence-electron chi connectivity index (χ0n) is 24.8. The van der Waals surface area contributed by atoms with E-state index >= 15 is 0 Å². The summed E-state index contributed by atoms with van der Waals surface area (Å²) in [5.41, 5.74) is 26.4. The molecule has 0 heterocycles. The van der Waals surface area contributed by atoms with Crippen molar-refractivity contribution in [3.05, 3.63) is 0 Å². The van der Waals surface area contributed by atoms with E-state index in [2.05, 4.69) is 52.5 Å². The summed E-state index contributed by atoms with van der Waals surface area (Å²) in [7, 11) is 1.80. The number of guanidine groups is 2. The normalized spacial score (nSPS) is 13.2. The van der Waals surface area contributed by atoms with Crippen molar-refractivity contribution < 1.29 is 19.2 Å². The Kier molecular flexibility index (Phi) is 19.9. The van der Waals surface area contributed by atoms with Gasteiger partial charge in [0, 0.05) is 63.4 Å². The number of urea groups is 4. The van der Waals surface area contributed by atoms with Crippen LogP contribution in [-0.2, 0) is 0 Å². The number of likely N-dealkylation sites (N-methyl/N-ethyl adjacent to an activating group) is 1. The molecule has 0 aliphatic rings. The van der Waals surface area contributed by atoms with Gasteiger partial charge in [-0.1, -0.05) is 0 Å². The fraction of sp³-hybridized carbons (Fsp3) is 0.739. The van der Waals surface area contributed by atoms with Gasteiger partial charge in [-0.3, -0.25) is 9.98 Å². The summed E-state index contributed by atoms with van der Waals surface area (Å²) in [6, 6.07) is -3.18. The van der Waals surface area contributed by atoms with Crippen LogP contribution < -0.4 is 71.2 Å². The van der Waals surface area contributed by atoms with Crippen LogP contribution in [0.5, 0.6) is 0 Å². The van der Waals surface area contributed by atoms with E-state index in [0.29, 0.717) is 32.5 Å². The second-order valence-corrected chi connectivity index (χ2v) is 9.69. The number of nitrogens with two attached hydrogens (primary N) is 5. The van der Waals surface area contributed by atoms with Gasteiger partial charge in [0.25, 0.3) is 0 Å². The second kappa shape index (κ2) is 22.3. The first-order chi connectivity index (χ1) is 19.8. The van der Waals surface area contributed by atoms with Crippen molar-refractivity contribution in [2.75, 3.05) is 46.3 Å². The van der Waals surface area contributed by atoms with E-state index in [4.69, 9.17) is 28.7 Å². The number of hydrogen-bond acceptors (Lipinski definition) is 7. The van der Waals surface area contributed by atoms with Crippen LogP contribution in [0.1, 0.15) is 39.5 Å². The van der Waals surface area contributed by atoms with E-state index in [1.54, 1.807) is 20.9 Å². The lowest BCUT2D eigenvalue weighted by Crippen LogP contribution is -2.53. The molecule has 18 N–H and O–H groups in total. The summed E-state index contributed by atoms with van der Waals surface area (Å²) in [6.45, 7) is 5.13. The van der Waals surface area contributed by atoms with Crippen molar-refractivity contribution in [2.45, 2.75) is 63.7 Å². The number of nitrogens with zero attached hydrogens (tertiary/aromatic N) is 2. The molecule has 242 valence electrons. The van der Waals surface area contributed by atoms with Crippen LogP contribution in [0.15, 0.2) is 9.98 Å². The van der Waals surface area contributed by atoms with E-state index < -0.39 is 24.1 Å². The van der Waals surface area contributed by atoms with Gasteiger partial charge in [-0.05, 0) is 46.6 Å². The highest BCUT2D eigenvalue weighted by Gasteiger charge is 2.16. The van der Waals surface area contributed by atoms with E-state index in [1.807, 2.05) is 0 Å². The van der Waals surface area contributed by atoms with Crippen LogP contribution in [0.3, 0.4) is 0 Å². The summed E-state index contributed by atoms with van der Waals surface area (Å²) >= 11 is 0. The molecule has 0 radical (unpaired) electrons. The largest absolute Gasteiger partial charge is 0.370 e. The van der Waals surface area contributed by atoms with Crippen LogP contribution in [-0.4, -0.2) is 107 Å². The minimum absolute atomic E-state index is 0.0387. The van der Waals surface area contributed by atoms with Crippen molar-refractivity contribution in [1.29, 1.82) is 0 Å². The Bertz CT molecular complexity index is 878. The number of carbonyl (C=O) groups is 4. The second-order valence-electron chi connectivity index (χ2n) is 9.69. The molecule has 0 aromatic heterocycles. The Morgan fingerprint density at radius 1 is 0.595 bits per heavy atom. The number of nitrogens with one attached hydrogen (secondary N) is 8. The zero-order chi connectivity index (χ0) is 31.9. The highest BCUT2D eigenvalue weighted by molar-refractivity contribution is 5.77. The SMILES string of the molecule is CNC(CCCN=C(N)N)CNC(=O)N[C@@H](C)CNC(=O)NC(CCCN=C(N)N)CNC(=O)N[C@@H](C)CNC(N)=O. The molecule has 0 rings (SSSR count). The minimum Gasteiger partial charge on any atom is -0.370 e. The Morgan fingerprint density at radius 3 is 1.45 bits per heavy atom. The highest BCUT2D eigenvalue weighted by Crippen LogP contribution is 1.98. The Hall–Kier alpha value is -4.42. The average molecular weight is 602 g/mol. The van der Waals surface area contributed by atoms with Crippen LogP contribution in [0.25, 0.3) is 0 Å².